The Kier molecular flexibility index (Phi) is 7.09. The maximum Gasteiger partial charge on any atom is 0.0673 e. The van der Waals surface area contributed by atoms with Crippen LogP contribution in [0, 0.1) is 0 Å². The van der Waals surface area contributed by atoms with E-state index in [-0.39, 0.29) is 0 Å². The molecule has 2 rings (SSSR count). The van der Waals surface area contributed by atoms with Gasteiger partial charge in [-0.25, -0.2) is 0 Å². The smallest absolute Gasteiger partial charge is 0.0673 e. The van der Waals surface area contributed by atoms with E-state index in [9.17, 15) is 0 Å². The number of nitrogens with zero attached hydrogens (tertiary/aromatic N) is 2. The van der Waals surface area contributed by atoms with Crippen molar-refractivity contribution in [2.45, 2.75) is 12.8 Å². The molecule has 2 N–H and O–H groups in total. The molecular weight excluding hydrogens is 296 g/mol. The van der Waals surface area contributed by atoms with Gasteiger partial charge in [-0.3, -0.25) is 9.80 Å². The van der Waals surface area contributed by atoms with Crippen LogP contribution in [0.5, 0.6) is 0 Å². The highest BCUT2D eigenvalue weighted by Crippen LogP contribution is 2.21. The molecule has 4 nitrogen and oxygen atoms in total. The molecule has 2 aromatic rings. The Bertz CT molecular complexity index is 567. The number of nitrogens with one attached hydrogen (secondary N) is 2. The molecule has 24 heavy (non-hydrogen) atoms. The molecule has 0 spiro atoms. The van der Waals surface area contributed by atoms with Crippen molar-refractivity contribution in [1.82, 2.24) is 9.80 Å². The summed E-state index contributed by atoms with van der Waals surface area (Å²) in [5, 5.41) is 7.01. The van der Waals surface area contributed by atoms with Crippen LogP contribution in [0.25, 0.3) is 0 Å². The first-order valence-corrected chi connectivity index (χ1v) is 8.49. The molecule has 0 aliphatic heterocycles. The minimum Gasteiger partial charge on any atom is -0.372 e. The van der Waals surface area contributed by atoms with Crippen molar-refractivity contribution in [3.05, 3.63) is 59.7 Å². The Hall–Kier alpha value is -2.04. The van der Waals surface area contributed by atoms with Crippen LogP contribution in [0.15, 0.2) is 48.5 Å². The van der Waals surface area contributed by atoms with E-state index in [1.54, 1.807) is 0 Å². The van der Waals surface area contributed by atoms with Gasteiger partial charge in [0, 0.05) is 11.4 Å². The van der Waals surface area contributed by atoms with E-state index in [0.717, 1.165) is 26.2 Å². The molecule has 0 saturated carbocycles. The van der Waals surface area contributed by atoms with Crippen LogP contribution >= 0.6 is 0 Å². The molecule has 130 valence electrons. The Morgan fingerprint density at radius 3 is 1.38 bits per heavy atom. The van der Waals surface area contributed by atoms with E-state index < -0.39 is 0 Å². The monoisotopic (exact) mass is 326 g/mol. The van der Waals surface area contributed by atoms with Crippen molar-refractivity contribution in [2.24, 2.45) is 0 Å². The predicted octanol–water partition coefficient (Wildman–Crippen LogP) is 3.33. The van der Waals surface area contributed by atoms with Gasteiger partial charge in [0.05, 0.1) is 13.3 Å². The zero-order chi connectivity index (χ0) is 17.4. The number of anilines is 2. The number of para-hydroxylation sites is 2. The van der Waals surface area contributed by atoms with Gasteiger partial charge in [0.1, 0.15) is 0 Å². The molecule has 0 bridgehead atoms. The molecule has 0 aliphatic carbocycles. The van der Waals surface area contributed by atoms with Gasteiger partial charge in [-0.05, 0) is 64.3 Å². The molecule has 0 aliphatic rings. The number of hydrogen-bond donors (Lipinski definition) is 2. The fraction of sp³-hybridized carbons (Fsp3) is 0.400. The molecule has 0 saturated heterocycles. The van der Waals surface area contributed by atoms with Gasteiger partial charge in [0.15, 0.2) is 0 Å². The highest BCUT2D eigenvalue weighted by molar-refractivity contribution is 5.54. The van der Waals surface area contributed by atoms with E-state index in [0.29, 0.717) is 0 Å². The third-order valence-electron chi connectivity index (χ3n) is 3.87. The van der Waals surface area contributed by atoms with E-state index in [2.05, 4.69) is 97.2 Å². The van der Waals surface area contributed by atoms with Crippen molar-refractivity contribution in [1.29, 1.82) is 0 Å². The summed E-state index contributed by atoms with van der Waals surface area (Å²) in [5.74, 6) is 0. The Morgan fingerprint density at radius 2 is 1.00 bits per heavy atom. The molecule has 0 aromatic heterocycles. The maximum atomic E-state index is 3.51. The van der Waals surface area contributed by atoms with Crippen LogP contribution in [0.4, 0.5) is 11.4 Å². The standard InChI is InChI=1S/C20H30N4/c1-23(2)15-21-19-11-7-5-9-17(19)13-14-18-10-6-8-12-20(18)22-16-24(3)4/h5-12,21-22H,13-16H2,1-4H3. The van der Waals surface area contributed by atoms with Crippen LogP contribution in [-0.4, -0.2) is 51.3 Å². The van der Waals surface area contributed by atoms with Gasteiger partial charge in [0.25, 0.3) is 0 Å². The largest absolute Gasteiger partial charge is 0.372 e. The molecule has 2 aromatic carbocycles. The van der Waals surface area contributed by atoms with Crippen LogP contribution in [0.1, 0.15) is 11.1 Å². The average Bonchev–Trinajstić information content (AvgIpc) is 2.57. The van der Waals surface area contributed by atoms with Crippen molar-refractivity contribution in [3.8, 4) is 0 Å². The van der Waals surface area contributed by atoms with Crippen molar-refractivity contribution in [3.63, 3.8) is 0 Å². The van der Waals surface area contributed by atoms with E-state index in [4.69, 9.17) is 0 Å². The van der Waals surface area contributed by atoms with Crippen LogP contribution in [0.3, 0.4) is 0 Å². The molecule has 0 fully saturated rings. The lowest BCUT2D eigenvalue weighted by atomic mass is 10.0. The van der Waals surface area contributed by atoms with Crippen molar-refractivity contribution >= 4 is 11.4 Å². The summed E-state index contributed by atoms with van der Waals surface area (Å²) < 4.78 is 0. The van der Waals surface area contributed by atoms with Crippen LogP contribution < -0.4 is 10.6 Å². The molecule has 4 heteroatoms. The number of aryl methyl sites for hydroxylation is 2. The fourth-order valence-electron chi connectivity index (χ4n) is 2.58. The Morgan fingerprint density at radius 1 is 0.625 bits per heavy atom. The Labute approximate surface area is 146 Å². The molecule has 0 atom stereocenters. The van der Waals surface area contributed by atoms with E-state index in [1.807, 2.05) is 0 Å². The van der Waals surface area contributed by atoms with Gasteiger partial charge in [0.2, 0.25) is 0 Å². The second-order valence-electron chi connectivity index (χ2n) is 6.64. The minimum absolute atomic E-state index is 0.845. The van der Waals surface area contributed by atoms with E-state index >= 15 is 0 Å². The normalized spacial score (nSPS) is 11.1. The van der Waals surface area contributed by atoms with E-state index in [1.165, 1.54) is 22.5 Å². The summed E-state index contributed by atoms with van der Waals surface area (Å²) in [7, 11) is 8.29. The van der Waals surface area contributed by atoms with Gasteiger partial charge in [-0.1, -0.05) is 36.4 Å². The summed E-state index contributed by atoms with van der Waals surface area (Å²) >= 11 is 0. The first kappa shape index (κ1) is 18.3. The molecular formula is C20H30N4. The predicted molar refractivity (Wildman–Crippen MR) is 105 cm³/mol. The number of hydrogen-bond acceptors (Lipinski definition) is 4. The third kappa shape index (κ3) is 5.87. The maximum absolute atomic E-state index is 3.51. The van der Waals surface area contributed by atoms with Gasteiger partial charge >= 0.3 is 0 Å². The van der Waals surface area contributed by atoms with Crippen LogP contribution in [-0.2, 0) is 12.8 Å². The van der Waals surface area contributed by atoms with Gasteiger partial charge in [-0.2, -0.15) is 0 Å². The lowest BCUT2D eigenvalue weighted by Gasteiger charge is -2.17. The zero-order valence-corrected chi connectivity index (χ0v) is 15.3. The summed E-state index contributed by atoms with van der Waals surface area (Å²) in [6, 6.07) is 17.2. The summed E-state index contributed by atoms with van der Waals surface area (Å²) in [6.45, 7) is 1.69. The molecule has 0 heterocycles. The topological polar surface area (TPSA) is 30.5 Å². The third-order valence-corrected chi connectivity index (χ3v) is 3.87. The molecule has 0 amide bonds. The van der Waals surface area contributed by atoms with Crippen molar-refractivity contribution in [2.75, 3.05) is 52.2 Å². The first-order chi connectivity index (χ1) is 11.6. The summed E-state index contributed by atoms with van der Waals surface area (Å²) in [5.41, 5.74) is 5.18. The van der Waals surface area contributed by atoms with Gasteiger partial charge < -0.3 is 10.6 Å². The lowest BCUT2D eigenvalue weighted by molar-refractivity contribution is 0.440. The molecule has 0 unspecified atom stereocenters. The highest BCUT2D eigenvalue weighted by atomic mass is 15.2. The summed E-state index contributed by atoms with van der Waals surface area (Å²) in [4.78, 5) is 4.27. The lowest BCUT2D eigenvalue weighted by Crippen LogP contribution is -2.21. The number of rotatable bonds is 9. The fourth-order valence-corrected chi connectivity index (χ4v) is 2.58. The number of benzene rings is 2. The summed E-state index contributed by atoms with van der Waals surface area (Å²) in [6.07, 6.45) is 2.05. The minimum atomic E-state index is 0.845. The zero-order valence-electron chi connectivity index (χ0n) is 15.3. The SMILES string of the molecule is CN(C)CNc1ccccc1CCc1ccccc1NCN(C)C. The quantitative estimate of drug-likeness (QED) is 0.692. The van der Waals surface area contributed by atoms with Crippen LogP contribution in [0.2, 0.25) is 0 Å². The Balaban J connectivity index is 2.03. The first-order valence-electron chi connectivity index (χ1n) is 8.49. The average molecular weight is 326 g/mol. The second-order valence-corrected chi connectivity index (χ2v) is 6.64. The van der Waals surface area contributed by atoms with Crippen molar-refractivity contribution < 1.29 is 0 Å². The highest BCUT2D eigenvalue weighted by Gasteiger charge is 2.06. The second kappa shape index (κ2) is 9.30. The van der Waals surface area contributed by atoms with Gasteiger partial charge in [-0.15, -0.1) is 0 Å². The molecule has 0 radical (unpaired) electrons.